The maximum absolute atomic E-state index is 11.6. The van der Waals surface area contributed by atoms with Gasteiger partial charge in [0.05, 0.1) is 31.5 Å². The summed E-state index contributed by atoms with van der Waals surface area (Å²) in [6.45, 7) is 0.187. The fourth-order valence-corrected chi connectivity index (χ4v) is 4.37. The molecule has 16 heteroatoms. The number of allylic oxidation sites excluding steroid dienone is 1. The molecule has 16 nitrogen and oxygen atoms in total. The van der Waals surface area contributed by atoms with Crippen molar-refractivity contribution in [3.63, 3.8) is 0 Å². The number of carboxylic acid groups (broad SMARTS) is 2. The zero-order chi connectivity index (χ0) is 28.3. The molecule has 38 heavy (non-hydrogen) atoms. The Bertz CT molecular complexity index is 904. The van der Waals surface area contributed by atoms with Crippen molar-refractivity contribution in [3.8, 4) is 0 Å². The van der Waals surface area contributed by atoms with Crippen LogP contribution in [0.4, 0.5) is 0 Å². The van der Waals surface area contributed by atoms with E-state index in [1.807, 2.05) is 0 Å². The van der Waals surface area contributed by atoms with Crippen LogP contribution in [0.3, 0.4) is 0 Å². The smallest absolute Gasteiger partial charge is 0.335 e. The van der Waals surface area contributed by atoms with Crippen molar-refractivity contribution in [1.82, 2.24) is 0 Å². The predicted molar refractivity (Wildman–Crippen MR) is 118 cm³/mol. The van der Waals surface area contributed by atoms with E-state index < -0.39 is 105 Å². The Morgan fingerprint density at radius 3 is 2.03 bits per heavy atom. The van der Waals surface area contributed by atoms with Crippen LogP contribution < -0.4 is 0 Å². The van der Waals surface area contributed by atoms with Gasteiger partial charge in [0.2, 0.25) is 6.29 Å². The summed E-state index contributed by atoms with van der Waals surface area (Å²) in [5, 5.41) is 88.9. The van der Waals surface area contributed by atoms with E-state index in [9.17, 15) is 55.5 Å². The Morgan fingerprint density at radius 2 is 1.47 bits per heavy atom. The molecule has 2 saturated heterocycles. The first-order valence-electron chi connectivity index (χ1n) is 11.6. The molecular weight excluding hydrogens is 520 g/mol. The highest BCUT2D eigenvalue weighted by atomic mass is 16.8. The highest BCUT2D eigenvalue weighted by Crippen LogP contribution is 2.35. The molecule has 0 aromatic rings. The lowest BCUT2D eigenvalue weighted by atomic mass is 9.86. The third-order valence-corrected chi connectivity index (χ3v) is 6.53. The molecule has 0 unspecified atom stereocenters. The summed E-state index contributed by atoms with van der Waals surface area (Å²) in [5.74, 6) is -3.85. The summed E-state index contributed by atoms with van der Waals surface area (Å²) < 4.78 is 27.0. The van der Waals surface area contributed by atoms with Crippen molar-refractivity contribution < 1.29 is 79.2 Å². The van der Waals surface area contributed by atoms with E-state index in [2.05, 4.69) is 0 Å². The third kappa shape index (κ3) is 6.32. The lowest BCUT2D eigenvalue weighted by Crippen LogP contribution is -2.62. The highest BCUT2D eigenvalue weighted by Gasteiger charge is 2.49. The van der Waals surface area contributed by atoms with Gasteiger partial charge >= 0.3 is 11.9 Å². The number of hydrogen-bond acceptors (Lipinski definition) is 14. The summed E-state index contributed by atoms with van der Waals surface area (Å²) in [5.41, 5.74) is -0.246. The molecule has 3 heterocycles. The van der Waals surface area contributed by atoms with E-state index in [4.69, 9.17) is 23.7 Å². The molecule has 3 aliphatic heterocycles. The highest BCUT2D eigenvalue weighted by molar-refractivity contribution is 5.89. The van der Waals surface area contributed by atoms with Crippen molar-refractivity contribution in [2.75, 3.05) is 13.2 Å². The summed E-state index contributed by atoms with van der Waals surface area (Å²) >= 11 is 0. The maximum atomic E-state index is 11.6. The standard InChI is InChI=1S/C22H32O16/c1-2-7-8(3-12(24)25)9(19(32)33)5-34-20(7)38-22-18(31)16(29)14(27)11(37-22)6-35-21-17(30)15(28)13(26)10(4-23)36-21/h2,5,8,10-11,13-18,20-23,26-31H,3-4,6H2,1H3,(H,24,25)(H,32,33)/b7-2+/t8-,10+,11+,13+,14+,15-,16-,17+,18+,20-,21+,22-/m0/s1. The van der Waals surface area contributed by atoms with Gasteiger partial charge in [0.15, 0.2) is 12.6 Å². The van der Waals surface area contributed by atoms with Crippen LogP contribution in [0, 0.1) is 5.92 Å². The van der Waals surface area contributed by atoms with Gasteiger partial charge in [-0.15, -0.1) is 0 Å². The van der Waals surface area contributed by atoms with Gasteiger partial charge in [-0.2, -0.15) is 0 Å². The Kier molecular flexibility index (Phi) is 10.2. The van der Waals surface area contributed by atoms with E-state index in [0.717, 1.165) is 6.26 Å². The number of aliphatic hydroxyl groups excluding tert-OH is 7. The van der Waals surface area contributed by atoms with E-state index in [0.29, 0.717) is 0 Å². The second kappa shape index (κ2) is 12.8. The van der Waals surface area contributed by atoms with Crippen LogP contribution in [-0.2, 0) is 33.3 Å². The molecule has 3 aliphatic rings. The van der Waals surface area contributed by atoms with Gasteiger partial charge in [0.25, 0.3) is 0 Å². The van der Waals surface area contributed by atoms with E-state index >= 15 is 0 Å². The molecule has 0 aliphatic carbocycles. The predicted octanol–water partition coefficient (Wildman–Crippen LogP) is -4.01. The minimum atomic E-state index is -1.84. The lowest BCUT2D eigenvalue weighted by Gasteiger charge is -2.43. The van der Waals surface area contributed by atoms with Crippen molar-refractivity contribution in [2.45, 2.75) is 81.0 Å². The van der Waals surface area contributed by atoms with Gasteiger partial charge in [0, 0.05) is 11.5 Å². The lowest BCUT2D eigenvalue weighted by molar-refractivity contribution is -0.344. The second-order valence-electron chi connectivity index (χ2n) is 8.97. The quantitative estimate of drug-likeness (QED) is 0.123. The molecule has 0 amide bonds. The maximum Gasteiger partial charge on any atom is 0.335 e. The fraction of sp³-hybridized carbons (Fsp3) is 0.727. The average molecular weight is 552 g/mol. The molecule has 0 aromatic carbocycles. The molecule has 0 spiro atoms. The van der Waals surface area contributed by atoms with Crippen LogP contribution in [0.2, 0.25) is 0 Å². The normalized spacial score (nSPS) is 42.8. The minimum absolute atomic E-state index is 0.0952. The van der Waals surface area contributed by atoms with Gasteiger partial charge in [-0.1, -0.05) is 6.08 Å². The van der Waals surface area contributed by atoms with Crippen LogP contribution in [0.5, 0.6) is 0 Å². The molecule has 0 aromatic heterocycles. The number of carboxylic acids is 2. The molecule has 2 fully saturated rings. The summed E-state index contributed by atoms with van der Waals surface area (Å²) in [6.07, 6.45) is -16.3. The zero-order valence-corrected chi connectivity index (χ0v) is 20.1. The van der Waals surface area contributed by atoms with Gasteiger partial charge in [-0.25, -0.2) is 4.79 Å². The molecule has 0 saturated carbocycles. The van der Waals surface area contributed by atoms with Gasteiger partial charge in [-0.3, -0.25) is 4.79 Å². The Labute approximate surface area is 215 Å². The van der Waals surface area contributed by atoms with Crippen molar-refractivity contribution in [1.29, 1.82) is 0 Å². The number of ether oxygens (including phenoxy) is 5. The monoisotopic (exact) mass is 552 g/mol. The molecule has 9 N–H and O–H groups in total. The summed E-state index contributed by atoms with van der Waals surface area (Å²) in [6, 6.07) is 0. The van der Waals surface area contributed by atoms with Gasteiger partial charge in [-0.05, 0) is 6.92 Å². The van der Waals surface area contributed by atoms with Gasteiger partial charge < -0.3 is 69.6 Å². The number of hydrogen-bond donors (Lipinski definition) is 9. The molecule has 216 valence electrons. The largest absolute Gasteiger partial charge is 0.481 e. The first-order valence-corrected chi connectivity index (χ1v) is 11.6. The molecule has 3 rings (SSSR count). The van der Waals surface area contributed by atoms with Crippen molar-refractivity contribution >= 4 is 11.9 Å². The topological polar surface area (TPSA) is 262 Å². The van der Waals surface area contributed by atoms with Crippen molar-refractivity contribution in [3.05, 3.63) is 23.5 Å². The van der Waals surface area contributed by atoms with Crippen LogP contribution in [0.1, 0.15) is 13.3 Å². The zero-order valence-electron chi connectivity index (χ0n) is 20.1. The van der Waals surface area contributed by atoms with Gasteiger partial charge in [0.1, 0.15) is 48.8 Å². The fourth-order valence-electron chi connectivity index (χ4n) is 4.37. The number of aliphatic hydroxyl groups is 7. The number of carbonyl (C=O) groups is 2. The summed E-state index contributed by atoms with van der Waals surface area (Å²) in [4.78, 5) is 22.9. The first-order chi connectivity index (χ1) is 17.9. The van der Waals surface area contributed by atoms with E-state index in [1.165, 1.54) is 13.0 Å². The van der Waals surface area contributed by atoms with Crippen LogP contribution in [-0.4, -0.2) is 139 Å². The van der Waals surface area contributed by atoms with Crippen molar-refractivity contribution in [2.24, 2.45) is 5.92 Å². The second-order valence-corrected chi connectivity index (χ2v) is 8.97. The van der Waals surface area contributed by atoms with E-state index in [-0.39, 0.29) is 11.1 Å². The van der Waals surface area contributed by atoms with Crippen LogP contribution in [0.15, 0.2) is 23.5 Å². The molecule has 0 radical (unpaired) electrons. The first kappa shape index (κ1) is 30.3. The Balaban J connectivity index is 1.72. The molecule has 12 atom stereocenters. The third-order valence-electron chi connectivity index (χ3n) is 6.53. The Hall–Kier alpha value is -2.22. The molecular formula is C22H32O16. The van der Waals surface area contributed by atoms with Crippen LogP contribution in [0.25, 0.3) is 0 Å². The SMILES string of the molecule is C/C=C1/[C@H](O[C@@H]2O[C@H](CO[C@@H]3O[C@H](CO)[C@@H](O)[C@H](O)[C@H]3O)[C@@H](O)[C@H](O)[C@H]2O)OC=C(C(=O)O)[C@H]1CC(=O)O. The number of aliphatic carboxylic acids is 2. The minimum Gasteiger partial charge on any atom is -0.481 e. The van der Waals surface area contributed by atoms with E-state index in [1.54, 1.807) is 0 Å². The summed E-state index contributed by atoms with van der Waals surface area (Å²) in [7, 11) is 0. The average Bonchev–Trinajstić information content (AvgIpc) is 2.87. The van der Waals surface area contributed by atoms with Crippen LogP contribution >= 0.6 is 0 Å². The molecule has 0 bridgehead atoms. The number of rotatable bonds is 9. The Morgan fingerprint density at radius 1 is 0.895 bits per heavy atom.